The lowest BCUT2D eigenvalue weighted by molar-refractivity contribution is 0.624. The van der Waals surface area contributed by atoms with Crippen LogP contribution >= 0.6 is 39.1 Å². The van der Waals surface area contributed by atoms with Crippen molar-refractivity contribution >= 4 is 39.1 Å². The lowest BCUT2D eigenvalue weighted by atomic mass is 9.96. The molecule has 0 aromatic heterocycles. The van der Waals surface area contributed by atoms with Crippen LogP contribution in [-0.2, 0) is 0 Å². The maximum absolute atomic E-state index is 13.3. The molecule has 1 unspecified atom stereocenters. The zero-order valence-corrected chi connectivity index (χ0v) is 13.6. The van der Waals surface area contributed by atoms with Crippen LogP contribution < -0.4 is 0 Å². The second kappa shape index (κ2) is 5.82. The average Bonchev–Trinajstić information content (AvgIpc) is 2.25. The molecule has 2 aromatic carbocycles. The Morgan fingerprint density at radius 2 is 1.42 bits per heavy atom. The summed E-state index contributed by atoms with van der Waals surface area (Å²) in [6.45, 7) is 3.79. The normalized spacial score (nSPS) is 12.5. The van der Waals surface area contributed by atoms with E-state index in [1.165, 1.54) is 12.1 Å². The van der Waals surface area contributed by atoms with Gasteiger partial charge >= 0.3 is 0 Å². The molecule has 0 nitrogen and oxygen atoms in total. The molecule has 2 aromatic rings. The smallest absolute Gasteiger partial charge is 0.123 e. The standard InChI is InChI=1S/C15H12BrCl2F/c1-8-3-13(19)4-9(2)14(8)15(16)10-5-11(17)7-12(18)6-10/h3-7,15H,1-2H3. The average molecular weight is 362 g/mol. The Hall–Kier alpha value is -0.570. The summed E-state index contributed by atoms with van der Waals surface area (Å²) in [5.41, 5.74) is 3.79. The second-order valence-corrected chi connectivity index (χ2v) is 6.31. The van der Waals surface area contributed by atoms with Crippen LogP contribution in [0, 0.1) is 19.7 Å². The van der Waals surface area contributed by atoms with E-state index >= 15 is 0 Å². The topological polar surface area (TPSA) is 0 Å². The fourth-order valence-electron chi connectivity index (χ4n) is 2.21. The number of alkyl halides is 1. The van der Waals surface area contributed by atoms with E-state index in [1.807, 2.05) is 26.0 Å². The van der Waals surface area contributed by atoms with Crippen LogP contribution in [0.1, 0.15) is 27.1 Å². The molecule has 2 rings (SSSR count). The summed E-state index contributed by atoms with van der Waals surface area (Å²) in [7, 11) is 0. The Kier molecular flexibility index (Phi) is 4.54. The Morgan fingerprint density at radius 1 is 0.947 bits per heavy atom. The molecule has 0 saturated heterocycles. The van der Waals surface area contributed by atoms with Crippen molar-refractivity contribution in [2.45, 2.75) is 18.7 Å². The van der Waals surface area contributed by atoms with Crippen molar-refractivity contribution in [3.05, 3.63) is 68.4 Å². The summed E-state index contributed by atoms with van der Waals surface area (Å²) in [6.07, 6.45) is 0. The third-order valence-corrected chi connectivity index (χ3v) is 4.41. The van der Waals surface area contributed by atoms with Gasteiger partial charge in [-0.15, -0.1) is 0 Å². The van der Waals surface area contributed by atoms with Gasteiger partial charge in [0.15, 0.2) is 0 Å². The predicted octanol–water partition coefficient (Wildman–Crippen LogP) is 6.23. The van der Waals surface area contributed by atoms with Crippen LogP contribution in [-0.4, -0.2) is 0 Å². The van der Waals surface area contributed by atoms with E-state index in [-0.39, 0.29) is 10.6 Å². The summed E-state index contributed by atoms with van der Waals surface area (Å²) in [5.74, 6) is -0.220. The van der Waals surface area contributed by atoms with Gasteiger partial charge in [0.05, 0.1) is 4.83 Å². The Labute approximate surface area is 130 Å². The van der Waals surface area contributed by atoms with Crippen molar-refractivity contribution in [3.63, 3.8) is 0 Å². The SMILES string of the molecule is Cc1cc(F)cc(C)c1C(Br)c1cc(Cl)cc(Cl)c1. The second-order valence-electron chi connectivity index (χ2n) is 4.52. The van der Waals surface area contributed by atoms with E-state index in [0.717, 1.165) is 22.3 Å². The highest BCUT2D eigenvalue weighted by Gasteiger charge is 2.17. The third-order valence-electron chi connectivity index (χ3n) is 2.99. The van der Waals surface area contributed by atoms with E-state index in [4.69, 9.17) is 23.2 Å². The zero-order chi connectivity index (χ0) is 14.2. The molecule has 0 N–H and O–H groups in total. The summed E-state index contributed by atoms with van der Waals surface area (Å²) >= 11 is 15.7. The highest BCUT2D eigenvalue weighted by atomic mass is 79.9. The van der Waals surface area contributed by atoms with Crippen molar-refractivity contribution in [2.75, 3.05) is 0 Å². The summed E-state index contributed by atoms with van der Waals surface area (Å²) in [4.78, 5) is -0.0655. The molecule has 19 heavy (non-hydrogen) atoms. The molecular formula is C15H12BrCl2F. The maximum atomic E-state index is 13.3. The van der Waals surface area contributed by atoms with E-state index in [2.05, 4.69) is 15.9 Å². The Balaban J connectivity index is 2.52. The van der Waals surface area contributed by atoms with Crippen LogP contribution in [0.3, 0.4) is 0 Å². The minimum atomic E-state index is -0.220. The van der Waals surface area contributed by atoms with Crippen LogP contribution in [0.4, 0.5) is 4.39 Å². The van der Waals surface area contributed by atoms with Crippen molar-refractivity contribution in [1.82, 2.24) is 0 Å². The molecule has 0 bridgehead atoms. The molecule has 100 valence electrons. The molecule has 0 aliphatic heterocycles. The number of rotatable bonds is 2. The van der Waals surface area contributed by atoms with E-state index in [1.54, 1.807) is 6.07 Å². The van der Waals surface area contributed by atoms with Crippen molar-refractivity contribution in [3.8, 4) is 0 Å². The van der Waals surface area contributed by atoms with Crippen LogP contribution in [0.5, 0.6) is 0 Å². The first kappa shape index (κ1) is 14.8. The van der Waals surface area contributed by atoms with Gasteiger partial charge in [-0.1, -0.05) is 39.1 Å². The molecule has 0 aliphatic carbocycles. The van der Waals surface area contributed by atoms with Crippen LogP contribution in [0.2, 0.25) is 10.0 Å². The van der Waals surface area contributed by atoms with Gasteiger partial charge in [0.25, 0.3) is 0 Å². The Morgan fingerprint density at radius 3 is 1.89 bits per heavy atom. The summed E-state index contributed by atoms with van der Waals surface area (Å²) < 4.78 is 13.3. The molecule has 0 fully saturated rings. The number of hydrogen-bond acceptors (Lipinski definition) is 0. The van der Waals surface area contributed by atoms with Gasteiger partial charge in [0.1, 0.15) is 5.82 Å². The van der Waals surface area contributed by atoms with Crippen LogP contribution in [0.25, 0.3) is 0 Å². The van der Waals surface area contributed by atoms with Gasteiger partial charge in [0.2, 0.25) is 0 Å². The summed E-state index contributed by atoms with van der Waals surface area (Å²) in [6, 6.07) is 8.46. The zero-order valence-electron chi connectivity index (χ0n) is 10.5. The molecule has 1 atom stereocenters. The minimum absolute atomic E-state index is 0.0655. The van der Waals surface area contributed by atoms with Gasteiger partial charge in [0, 0.05) is 10.0 Å². The van der Waals surface area contributed by atoms with E-state index in [9.17, 15) is 4.39 Å². The lowest BCUT2D eigenvalue weighted by Crippen LogP contribution is -2.00. The molecular weight excluding hydrogens is 350 g/mol. The number of aryl methyl sites for hydroxylation is 2. The quantitative estimate of drug-likeness (QED) is 0.556. The number of halogens is 4. The van der Waals surface area contributed by atoms with Gasteiger partial charge in [-0.3, -0.25) is 0 Å². The fraction of sp³-hybridized carbons (Fsp3) is 0.200. The first-order chi connectivity index (χ1) is 8.88. The molecule has 0 radical (unpaired) electrons. The van der Waals surface area contributed by atoms with E-state index < -0.39 is 0 Å². The highest BCUT2D eigenvalue weighted by Crippen LogP contribution is 2.37. The molecule has 0 spiro atoms. The Bertz CT molecular complexity index is 582. The number of hydrogen-bond donors (Lipinski definition) is 0. The third kappa shape index (κ3) is 3.31. The highest BCUT2D eigenvalue weighted by molar-refractivity contribution is 9.09. The molecule has 0 aliphatic rings. The lowest BCUT2D eigenvalue weighted by Gasteiger charge is -2.17. The van der Waals surface area contributed by atoms with Gasteiger partial charge in [-0.25, -0.2) is 4.39 Å². The van der Waals surface area contributed by atoms with Crippen molar-refractivity contribution < 1.29 is 4.39 Å². The van der Waals surface area contributed by atoms with Crippen molar-refractivity contribution in [1.29, 1.82) is 0 Å². The molecule has 0 saturated carbocycles. The van der Waals surface area contributed by atoms with E-state index in [0.29, 0.717) is 10.0 Å². The minimum Gasteiger partial charge on any atom is -0.207 e. The number of benzene rings is 2. The fourth-order valence-corrected chi connectivity index (χ4v) is 3.74. The van der Waals surface area contributed by atoms with Gasteiger partial charge in [-0.05, 0) is 66.4 Å². The van der Waals surface area contributed by atoms with Crippen molar-refractivity contribution in [2.24, 2.45) is 0 Å². The van der Waals surface area contributed by atoms with Gasteiger partial charge in [-0.2, -0.15) is 0 Å². The largest absolute Gasteiger partial charge is 0.207 e. The molecule has 4 heteroatoms. The molecule has 0 amide bonds. The van der Waals surface area contributed by atoms with Crippen LogP contribution in [0.15, 0.2) is 30.3 Å². The first-order valence-corrected chi connectivity index (χ1v) is 7.42. The first-order valence-electron chi connectivity index (χ1n) is 5.75. The molecule has 0 heterocycles. The van der Waals surface area contributed by atoms with Gasteiger partial charge < -0.3 is 0 Å². The summed E-state index contributed by atoms with van der Waals surface area (Å²) in [5, 5.41) is 1.17. The predicted molar refractivity (Wildman–Crippen MR) is 83.1 cm³/mol. The monoisotopic (exact) mass is 360 g/mol. The maximum Gasteiger partial charge on any atom is 0.123 e.